The van der Waals surface area contributed by atoms with Gasteiger partial charge in [0.2, 0.25) is 0 Å². The Bertz CT molecular complexity index is 311. The summed E-state index contributed by atoms with van der Waals surface area (Å²) in [6, 6.07) is 9.76. The maximum absolute atomic E-state index is 5.44. The Morgan fingerprint density at radius 2 is 2.00 bits per heavy atom. The minimum Gasteiger partial charge on any atom is -0.377 e. The summed E-state index contributed by atoms with van der Waals surface area (Å²) in [5.74, 6) is 0. The van der Waals surface area contributed by atoms with Gasteiger partial charge in [-0.25, -0.2) is 0 Å². The van der Waals surface area contributed by atoms with Crippen molar-refractivity contribution in [2.45, 2.75) is 0 Å². The molecule has 76 valence electrons. The quantitative estimate of drug-likeness (QED) is 0.393. The first-order valence-electron chi connectivity index (χ1n) is 3.78. The molecular weight excluding hydrogens is 309 g/mol. The van der Waals surface area contributed by atoms with E-state index in [-0.39, 0.29) is 24.0 Å². The molecule has 0 fully saturated rings. The van der Waals surface area contributed by atoms with E-state index in [1.165, 1.54) is 11.8 Å². The monoisotopic (exact) mass is 321 g/mol. The molecule has 0 radical (unpaired) electrons. The minimum atomic E-state index is 0. The second-order valence-electron chi connectivity index (χ2n) is 2.30. The third-order valence-electron chi connectivity index (χ3n) is 1.37. The van der Waals surface area contributed by atoms with Gasteiger partial charge >= 0.3 is 0 Å². The molecule has 0 saturated carbocycles. The normalized spacial score (nSPS) is 11.4. The molecule has 3 nitrogen and oxygen atoms in total. The van der Waals surface area contributed by atoms with E-state index in [0.29, 0.717) is 5.17 Å². The lowest BCUT2D eigenvalue weighted by atomic mass is 10.2. The molecule has 0 aromatic heterocycles. The van der Waals surface area contributed by atoms with Gasteiger partial charge in [-0.3, -0.25) is 0 Å². The third kappa shape index (κ3) is 5.23. The number of hydrogen-bond donors (Lipinski definition) is 1. The zero-order valence-electron chi connectivity index (χ0n) is 7.75. The SMILES string of the molecule is CS/C(N)=N/N=C/c1ccccc1.I. The van der Waals surface area contributed by atoms with Crippen LogP contribution in [-0.2, 0) is 0 Å². The van der Waals surface area contributed by atoms with Crippen LogP contribution in [0.1, 0.15) is 5.56 Å². The van der Waals surface area contributed by atoms with E-state index in [1.54, 1.807) is 6.21 Å². The number of hydrogen-bond acceptors (Lipinski definition) is 3. The molecule has 5 heteroatoms. The molecule has 0 heterocycles. The molecule has 0 bridgehead atoms. The van der Waals surface area contributed by atoms with Gasteiger partial charge < -0.3 is 5.73 Å². The summed E-state index contributed by atoms with van der Waals surface area (Å²) >= 11 is 1.37. The summed E-state index contributed by atoms with van der Waals surface area (Å²) in [5.41, 5.74) is 6.45. The first kappa shape index (κ1) is 13.4. The summed E-state index contributed by atoms with van der Waals surface area (Å²) < 4.78 is 0. The fraction of sp³-hybridized carbons (Fsp3) is 0.111. The van der Waals surface area contributed by atoms with Crippen molar-refractivity contribution in [2.75, 3.05) is 6.26 Å². The van der Waals surface area contributed by atoms with Crippen LogP contribution in [0.2, 0.25) is 0 Å². The number of amidine groups is 1. The molecule has 0 amide bonds. The van der Waals surface area contributed by atoms with Crippen LogP contribution in [0, 0.1) is 0 Å². The molecule has 0 spiro atoms. The molecule has 1 aromatic carbocycles. The number of nitrogens with zero attached hydrogens (tertiary/aromatic N) is 2. The number of rotatable bonds is 2. The van der Waals surface area contributed by atoms with E-state index in [4.69, 9.17) is 5.73 Å². The van der Waals surface area contributed by atoms with Crippen molar-refractivity contribution in [3.05, 3.63) is 35.9 Å². The lowest BCUT2D eigenvalue weighted by molar-refractivity contribution is 1.25. The van der Waals surface area contributed by atoms with Crippen molar-refractivity contribution in [1.29, 1.82) is 0 Å². The molecule has 0 aliphatic heterocycles. The van der Waals surface area contributed by atoms with Crippen LogP contribution in [0.15, 0.2) is 40.5 Å². The topological polar surface area (TPSA) is 50.7 Å². The van der Waals surface area contributed by atoms with Crippen molar-refractivity contribution < 1.29 is 0 Å². The Hall–Kier alpha value is -0.560. The predicted octanol–water partition coefficient (Wildman–Crippen LogP) is 2.32. The molecule has 1 rings (SSSR count). The first-order valence-corrected chi connectivity index (χ1v) is 5.01. The van der Waals surface area contributed by atoms with Gasteiger partial charge in [0.15, 0.2) is 5.17 Å². The number of benzene rings is 1. The Morgan fingerprint density at radius 3 is 2.57 bits per heavy atom. The van der Waals surface area contributed by atoms with E-state index < -0.39 is 0 Å². The maximum Gasteiger partial charge on any atom is 0.180 e. The number of halogens is 1. The predicted molar refractivity (Wildman–Crippen MR) is 74.6 cm³/mol. The summed E-state index contributed by atoms with van der Waals surface area (Å²) in [6.45, 7) is 0. The smallest absolute Gasteiger partial charge is 0.180 e. The summed E-state index contributed by atoms with van der Waals surface area (Å²) in [4.78, 5) is 0. The highest BCUT2D eigenvalue weighted by molar-refractivity contribution is 14.0. The summed E-state index contributed by atoms with van der Waals surface area (Å²) in [6.07, 6.45) is 3.53. The highest BCUT2D eigenvalue weighted by Crippen LogP contribution is 1.95. The lowest BCUT2D eigenvalue weighted by Crippen LogP contribution is -2.03. The van der Waals surface area contributed by atoms with Gasteiger partial charge in [0.1, 0.15) is 0 Å². The maximum atomic E-state index is 5.44. The molecule has 0 saturated heterocycles. The second-order valence-corrected chi connectivity index (χ2v) is 3.12. The van der Waals surface area contributed by atoms with E-state index in [0.717, 1.165) is 5.56 Å². The molecule has 14 heavy (non-hydrogen) atoms. The van der Waals surface area contributed by atoms with Crippen molar-refractivity contribution in [3.8, 4) is 0 Å². The largest absolute Gasteiger partial charge is 0.377 e. The van der Waals surface area contributed by atoms with Crippen LogP contribution in [0.25, 0.3) is 0 Å². The highest BCUT2D eigenvalue weighted by Gasteiger charge is 1.84. The van der Waals surface area contributed by atoms with Crippen LogP contribution >= 0.6 is 35.7 Å². The second kappa shape index (κ2) is 7.81. The molecule has 0 aliphatic carbocycles. The average molecular weight is 321 g/mol. The molecule has 0 unspecified atom stereocenters. The van der Waals surface area contributed by atoms with Gasteiger partial charge in [0.25, 0.3) is 0 Å². The Morgan fingerprint density at radius 1 is 1.36 bits per heavy atom. The van der Waals surface area contributed by atoms with Crippen LogP contribution in [0.4, 0.5) is 0 Å². The zero-order valence-corrected chi connectivity index (χ0v) is 10.9. The Kier molecular flexibility index (Phi) is 7.50. The van der Waals surface area contributed by atoms with Crippen LogP contribution < -0.4 is 5.73 Å². The van der Waals surface area contributed by atoms with E-state index in [9.17, 15) is 0 Å². The number of nitrogens with two attached hydrogens (primary N) is 1. The van der Waals surface area contributed by atoms with Gasteiger partial charge in [-0.05, 0) is 11.8 Å². The first-order chi connectivity index (χ1) is 6.33. The highest BCUT2D eigenvalue weighted by atomic mass is 127. The number of thioether (sulfide) groups is 1. The van der Waals surface area contributed by atoms with Crippen molar-refractivity contribution in [3.63, 3.8) is 0 Å². The molecule has 0 aliphatic rings. The van der Waals surface area contributed by atoms with E-state index in [2.05, 4.69) is 10.2 Å². The molecule has 1 aromatic rings. The molecular formula is C9H12IN3S. The Labute approximate surface area is 105 Å². The lowest BCUT2D eigenvalue weighted by Gasteiger charge is -1.89. The average Bonchev–Trinajstić information content (AvgIpc) is 2.19. The van der Waals surface area contributed by atoms with E-state index >= 15 is 0 Å². The standard InChI is InChI=1S/C9H11N3S.HI/c1-13-9(10)12-11-7-8-5-3-2-4-6-8;/h2-7H,1H3,(H2,10,12);1H/b11-7+;. The van der Waals surface area contributed by atoms with Crippen molar-refractivity contribution >= 4 is 47.1 Å². The molecule has 2 N–H and O–H groups in total. The van der Waals surface area contributed by atoms with Gasteiger partial charge in [0, 0.05) is 0 Å². The van der Waals surface area contributed by atoms with Crippen LogP contribution in [0.5, 0.6) is 0 Å². The van der Waals surface area contributed by atoms with Crippen molar-refractivity contribution in [1.82, 2.24) is 0 Å². The fourth-order valence-corrected chi connectivity index (χ4v) is 0.861. The van der Waals surface area contributed by atoms with Crippen LogP contribution in [-0.4, -0.2) is 17.6 Å². The summed E-state index contributed by atoms with van der Waals surface area (Å²) in [7, 11) is 0. The van der Waals surface area contributed by atoms with Crippen LogP contribution in [0.3, 0.4) is 0 Å². The van der Waals surface area contributed by atoms with Gasteiger partial charge in [-0.2, -0.15) is 5.10 Å². The minimum absolute atomic E-state index is 0. The summed E-state index contributed by atoms with van der Waals surface area (Å²) in [5, 5.41) is 8.06. The van der Waals surface area contributed by atoms with Gasteiger partial charge in [-0.15, -0.1) is 29.1 Å². The van der Waals surface area contributed by atoms with Gasteiger partial charge in [0.05, 0.1) is 6.21 Å². The molecule has 0 atom stereocenters. The van der Waals surface area contributed by atoms with E-state index in [1.807, 2.05) is 36.6 Å². The Balaban J connectivity index is 0.00000169. The fourth-order valence-electron chi connectivity index (χ4n) is 0.732. The zero-order chi connectivity index (χ0) is 9.52. The third-order valence-corrected chi connectivity index (χ3v) is 1.87. The van der Waals surface area contributed by atoms with Gasteiger partial charge in [-0.1, -0.05) is 42.1 Å². The van der Waals surface area contributed by atoms with Crippen molar-refractivity contribution in [2.24, 2.45) is 15.9 Å².